The molecule has 1 N–H and O–H groups in total. The Morgan fingerprint density at radius 3 is 2.33 bits per heavy atom. The van der Waals surface area contributed by atoms with Crippen LogP contribution in [0.5, 0.6) is 0 Å². The van der Waals surface area contributed by atoms with Gasteiger partial charge in [0.2, 0.25) is 5.91 Å². The number of anilines is 1. The van der Waals surface area contributed by atoms with Crippen LogP contribution in [0, 0.1) is 0 Å². The van der Waals surface area contributed by atoms with Gasteiger partial charge < -0.3 is 9.84 Å². The van der Waals surface area contributed by atoms with E-state index in [1.165, 1.54) is 11.3 Å². The molecule has 0 atom stereocenters. The summed E-state index contributed by atoms with van der Waals surface area (Å²) < 4.78 is 5.45. The fourth-order valence-electron chi connectivity index (χ4n) is 3.59. The highest BCUT2D eigenvalue weighted by Gasteiger charge is 2.29. The van der Waals surface area contributed by atoms with Gasteiger partial charge in [-0.3, -0.25) is 4.79 Å². The van der Waals surface area contributed by atoms with Crippen LogP contribution in [0.1, 0.15) is 48.0 Å². The first-order valence-corrected chi connectivity index (χ1v) is 11.0. The van der Waals surface area contributed by atoms with Crippen LogP contribution < -0.4 is 5.32 Å². The molecule has 2 aromatic heterocycles. The van der Waals surface area contributed by atoms with Crippen LogP contribution >= 0.6 is 11.3 Å². The molecule has 0 radical (unpaired) electrons. The van der Waals surface area contributed by atoms with Gasteiger partial charge >= 0.3 is 0 Å². The predicted molar refractivity (Wildman–Crippen MR) is 118 cm³/mol. The Hall–Kier alpha value is -3.25. The largest absolute Gasteiger partial charge is 0.333 e. The van der Waals surface area contributed by atoms with Crippen molar-refractivity contribution in [2.45, 2.75) is 31.1 Å². The van der Waals surface area contributed by atoms with Crippen molar-refractivity contribution in [3.63, 3.8) is 0 Å². The Bertz CT molecular complexity index is 1090. The van der Waals surface area contributed by atoms with Crippen molar-refractivity contribution in [3.05, 3.63) is 89.1 Å². The summed E-state index contributed by atoms with van der Waals surface area (Å²) in [5.74, 6) is 1.61. The van der Waals surface area contributed by atoms with Crippen molar-refractivity contribution in [3.8, 4) is 10.8 Å². The minimum absolute atomic E-state index is 0.0145. The predicted octanol–water partition coefficient (Wildman–Crippen LogP) is 5.84. The van der Waals surface area contributed by atoms with Gasteiger partial charge in [-0.15, -0.1) is 11.3 Å². The molecule has 0 spiro atoms. The van der Waals surface area contributed by atoms with Crippen molar-refractivity contribution in [2.75, 3.05) is 5.32 Å². The second-order valence-corrected chi connectivity index (χ2v) is 8.44. The van der Waals surface area contributed by atoms with Crippen LogP contribution in [-0.2, 0) is 4.79 Å². The molecule has 1 saturated carbocycles. The van der Waals surface area contributed by atoms with Crippen LogP contribution in [-0.4, -0.2) is 16.0 Å². The quantitative estimate of drug-likeness (QED) is 0.412. The molecule has 2 aromatic carbocycles. The lowest BCUT2D eigenvalue weighted by Gasteiger charge is -2.18. The smallest absolute Gasteiger partial charge is 0.270 e. The molecule has 0 saturated heterocycles. The highest BCUT2D eigenvalue weighted by molar-refractivity contribution is 7.14. The van der Waals surface area contributed by atoms with E-state index < -0.39 is 0 Å². The van der Waals surface area contributed by atoms with Crippen LogP contribution in [0.15, 0.2) is 76.6 Å². The second kappa shape index (κ2) is 8.24. The third-order valence-corrected chi connectivity index (χ3v) is 6.21. The minimum atomic E-state index is -0.0470. The van der Waals surface area contributed by atoms with Gasteiger partial charge in [0.05, 0.1) is 5.69 Å². The first-order chi connectivity index (χ1) is 14.8. The lowest BCUT2D eigenvalue weighted by atomic mass is 9.88. The average molecular weight is 416 g/mol. The van der Waals surface area contributed by atoms with Crippen molar-refractivity contribution < 1.29 is 9.32 Å². The van der Waals surface area contributed by atoms with Gasteiger partial charge in [-0.25, -0.2) is 0 Å². The molecule has 150 valence electrons. The standard InChI is InChI=1S/C24H21N3O2S/c28-21(15-19(16-7-3-1-4-8-16)17-9-5-2-6-10-17)25-20-13-14-30-22(20)24-26-23(27-29-24)18-11-12-18/h1-10,13-14,18-19H,11-12,15H2,(H,25,28). The van der Waals surface area contributed by atoms with E-state index >= 15 is 0 Å². The molecular formula is C24H21N3O2S. The van der Waals surface area contributed by atoms with E-state index in [0.717, 1.165) is 40.4 Å². The molecule has 1 aliphatic carbocycles. The number of thiophene rings is 1. The van der Waals surface area contributed by atoms with Crippen molar-refractivity contribution in [1.82, 2.24) is 10.1 Å². The normalized spacial score (nSPS) is 13.5. The third-order valence-electron chi connectivity index (χ3n) is 5.31. The Kier molecular flexibility index (Phi) is 5.15. The summed E-state index contributed by atoms with van der Waals surface area (Å²) in [5, 5.41) is 9.08. The van der Waals surface area contributed by atoms with E-state index in [2.05, 4.69) is 39.7 Å². The molecule has 6 heteroatoms. The van der Waals surface area contributed by atoms with Gasteiger partial charge in [-0.05, 0) is 35.4 Å². The molecule has 5 nitrogen and oxygen atoms in total. The molecule has 2 heterocycles. The lowest BCUT2D eigenvalue weighted by Crippen LogP contribution is -2.16. The topological polar surface area (TPSA) is 68.0 Å². The monoisotopic (exact) mass is 415 g/mol. The number of amides is 1. The van der Waals surface area contributed by atoms with E-state index in [1.807, 2.05) is 47.8 Å². The number of nitrogens with one attached hydrogen (secondary N) is 1. The maximum atomic E-state index is 13.0. The number of hydrogen-bond donors (Lipinski definition) is 1. The zero-order chi connectivity index (χ0) is 20.3. The zero-order valence-electron chi connectivity index (χ0n) is 16.3. The maximum Gasteiger partial charge on any atom is 0.270 e. The summed E-state index contributed by atoms with van der Waals surface area (Å²) in [6, 6.07) is 22.2. The molecule has 4 aromatic rings. The Labute approximate surface area is 178 Å². The lowest BCUT2D eigenvalue weighted by molar-refractivity contribution is -0.116. The molecule has 0 aliphatic heterocycles. The molecule has 1 fully saturated rings. The first-order valence-electron chi connectivity index (χ1n) is 10.1. The third kappa shape index (κ3) is 4.04. The fourth-order valence-corrected chi connectivity index (χ4v) is 4.36. The van der Waals surface area contributed by atoms with Gasteiger partial charge in [0.1, 0.15) is 4.88 Å². The Morgan fingerprint density at radius 2 is 1.70 bits per heavy atom. The van der Waals surface area contributed by atoms with Crippen LogP contribution in [0.25, 0.3) is 10.8 Å². The van der Waals surface area contributed by atoms with Crippen LogP contribution in [0.3, 0.4) is 0 Å². The molecule has 30 heavy (non-hydrogen) atoms. The van der Waals surface area contributed by atoms with Crippen LogP contribution in [0.4, 0.5) is 5.69 Å². The SMILES string of the molecule is O=C(CC(c1ccccc1)c1ccccc1)Nc1ccsc1-c1nc(C2CC2)no1. The maximum absolute atomic E-state index is 13.0. The van der Waals surface area contributed by atoms with Gasteiger partial charge in [0, 0.05) is 18.3 Å². The van der Waals surface area contributed by atoms with Crippen LogP contribution in [0.2, 0.25) is 0 Å². The van der Waals surface area contributed by atoms with Gasteiger partial charge in [-0.2, -0.15) is 4.98 Å². The van der Waals surface area contributed by atoms with E-state index in [9.17, 15) is 4.79 Å². The van der Waals surface area contributed by atoms with E-state index in [1.54, 1.807) is 0 Å². The Morgan fingerprint density at radius 1 is 1.03 bits per heavy atom. The van der Waals surface area contributed by atoms with Crippen molar-refractivity contribution >= 4 is 22.9 Å². The zero-order valence-corrected chi connectivity index (χ0v) is 17.1. The molecule has 0 unspecified atom stereocenters. The molecule has 0 bridgehead atoms. The average Bonchev–Trinajstić information content (AvgIpc) is 3.34. The summed E-state index contributed by atoms with van der Waals surface area (Å²) >= 11 is 1.49. The number of aromatic nitrogens is 2. The first kappa shape index (κ1) is 18.8. The molecule has 1 amide bonds. The number of hydrogen-bond acceptors (Lipinski definition) is 5. The summed E-state index contributed by atoms with van der Waals surface area (Å²) in [7, 11) is 0. The van der Waals surface area contributed by atoms with E-state index in [0.29, 0.717) is 18.2 Å². The number of rotatable bonds is 7. The van der Waals surface area contributed by atoms with Crippen molar-refractivity contribution in [1.29, 1.82) is 0 Å². The second-order valence-electron chi connectivity index (χ2n) is 7.52. The van der Waals surface area contributed by atoms with Crippen molar-refractivity contribution in [2.24, 2.45) is 0 Å². The number of benzene rings is 2. The summed E-state index contributed by atoms with van der Waals surface area (Å²) in [4.78, 5) is 18.3. The Balaban J connectivity index is 1.35. The summed E-state index contributed by atoms with van der Waals surface area (Å²) in [5.41, 5.74) is 2.96. The highest BCUT2D eigenvalue weighted by Crippen LogP contribution is 2.40. The number of carbonyl (C=O) groups excluding carboxylic acids is 1. The summed E-state index contributed by atoms with van der Waals surface area (Å²) in [6.07, 6.45) is 2.58. The molecule has 1 aliphatic rings. The van der Waals surface area contributed by atoms with Gasteiger partial charge in [0.15, 0.2) is 5.82 Å². The van der Waals surface area contributed by atoms with E-state index in [4.69, 9.17) is 4.52 Å². The highest BCUT2D eigenvalue weighted by atomic mass is 32.1. The van der Waals surface area contributed by atoms with Gasteiger partial charge in [-0.1, -0.05) is 65.8 Å². The fraction of sp³-hybridized carbons (Fsp3) is 0.208. The minimum Gasteiger partial charge on any atom is -0.333 e. The number of nitrogens with zero attached hydrogens (tertiary/aromatic N) is 2. The molecule has 5 rings (SSSR count). The number of carbonyl (C=O) groups is 1. The summed E-state index contributed by atoms with van der Waals surface area (Å²) in [6.45, 7) is 0. The molecular weight excluding hydrogens is 394 g/mol. The van der Waals surface area contributed by atoms with Gasteiger partial charge in [0.25, 0.3) is 5.89 Å². The van der Waals surface area contributed by atoms with E-state index in [-0.39, 0.29) is 11.8 Å².